The number of nitrogens with zero attached hydrogens (tertiary/aromatic N) is 1. The van der Waals surface area contributed by atoms with Crippen LogP contribution in [0.4, 0.5) is 5.69 Å². The van der Waals surface area contributed by atoms with Crippen LogP contribution in [-0.2, 0) is 0 Å². The van der Waals surface area contributed by atoms with Crippen LogP contribution in [0.1, 0.15) is 37.0 Å². The van der Waals surface area contributed by atoms with E-state index < -0.39 is 0 Å². The molecule has 0 aliphatic rings. The van der Waals surface area contributed by atoms with Gasteiger partial charge in [0.1, 0.15) is 0 Å². The second-order valence-corrected chi connectivity index (χ2v) is 6.82. The number of aliphatic imine (C=N–C) groups is 1. The van der Waals surface area contributed by atoms with Gasteiger partial charge in [-0.2, -0.15) is 0 Å². The molecule has 0 N–H and O–H groups in total. The third-order valence-corrected chi connectivity index (χ3v) is 4.29. The summed E-state index contributed by atoms with van der Waals surface area (Å²) in [7, 11) is 0. The minimum Gasteiger partial charge on any atom is -0.490 e. The van der Waals surface area contributed by atoms with Gasteiger partial charge in [0.2, 0.25) is 0 Å². The average Bonchev–Trinajstić information content (AvgIpc) is 2.53. The zero-order valence-corrected chi connectivity index (χ0v) is 16.9. The predicted molar refractivity (Wildman–Crippen MR) is 109 cm³/mol. The Bertz CT molecular complexity index is 726. The molecule has 24 heavy (non-hydrogen) atoms. The summed E-state index contributed by atoms with van der Waals surface area (Å²) in [5.41, 5.74) is 4.41. The van der Waals surface area contributed by atoms with Gasteiger partial charge in [-0.05, 0) is 79.1 Å². The normalized spacial score (nSPS) is 11.0. The molecule has 0 aliphatic heterocycles. The van der Waals surface area contributed by atoms with Crippen LogP contribution in [0.5, 0.6) is 11.5 Å². The molecule has 128 valence electrons. The highest BCUT2D eigenvalue weighted by molar-refractivity contribution is 14.1. The van der Waals surface area contributed by atoms with E-state index in [4.69, 9.17) is 9.47 Å². The first-order chi connectivity index (χ1) is 11.5. The van der Waals surface area contributed by atoms with Crippen LogP contribution >= 0.6 is 22.6 Å². The number of benzene rings is 2. The Morgan fingerprint density at radius 3 is 2.54 bits per heavy atom. The molecule has 4 heteroatoms. The van der Waals surface area contributed by atoms with E-state index >= 15 is 0 Å². The average molecular weight is 437 g/mol. The lowest BCUT2D eigenvalue weighted by Crippen LogP contribution is -2.02. The maximum absolute atomic E-state index is 5.84. The summed E-state index contributed by atoms with van der Waals surface area (Å²) in [4.78, 5) is 4.63. The van der Waals surface area contributed by atoms with E-state index in [1.807, 2.05) is 25.3 Å². The van der Waals surface area contributed by atoms with E-state index in [1.165, 1.54) is 11.1 Å². The lowest BCUT2D eigenvalue weighted by molar-refractivity contribution is 0.275. The van der Waals surface area contributed by atoms with E-state index in [2.05, 4.69) is 66.6 Å². The highest BCUT2D eigenvalue weighted by atomic mass is 127. The number of halogens is 1. The first-order valence-electron chi connectivity index (χ1n) is 8.25. The molecule has 0 heterocycles. The molecule has 2 aromatic rings. The molecule has 2 aromatic carbocycles. The molecule has 0 radical (unpaired) electrons. The van der Waals surface area contributed by atoms with Crippen molar-refractivity contribution in [3.8, 4) is 11.5 Å². The smallest absolute Gasteiger partial charge is 0.174 e. The number of hydrogen-bond acceptors (Lipinski definition) is 3. The minimum absolute atomic E-state index is 0.607. The van der Waals surface area contributed by atoms with Crippen molar-refractivity contribution in [3.63, 3.8) is 0 Å². The van der Waals surface area contributed by atoms with Crippen LogP contribution in [0.2, 0.25) is 0 Å². The predicted octanol–water partition coefficient (Wildman–Crippen LogP) is 5.85. The topological polar surface area (TPSA) is 30.8 Å². The van der Waals surface area contributed by atoms with Crippen molar-refractivity contribution in [3.05, 3.63) is 50.6 Å². The Morgan fingerprint density at radius 2 is 1.88 bits per heavy atom. The Hall–Kier alpha value is -1.56. The molecule has 0 aromatic heterocycles. The summed E-state index contributed by atoms with van der Waals surface area (Å²) >= 11 is 2.29. The van der Waals surface area contributed by atoms with Gasteiger partial charge in [0.05, 0.1) is 22.5 Å². The van der Waals surface area contributed by atoms with E-state index in [0.29, 0.717) is 13.2 Å². The maximum atomic E-state index is 5.84. The molecule has 0 bridgehead atoms. The summed E-state index contributed by atoms with van der Waals surface area (Å²) in [6.07, 6.45) is 2.85. The van der Waals surface area contributed by atoms with Gasteiger partial charge < -0.3 is 9.47 Å². The number of rotatable bonds is 7. The monoisotopic (exact) mass is 437 g/mol. The molecule has 2 rings (SSSR count). The highest BCUT2D eigenvalue weighted by Gasteiger charge is 2.11. The zero-order valence-electron chi connectivity index (χ0n) is 14.7. The maximum Gasteiger partial charge on any atom is 0.174 e. The number of aryl methyl sites for hydroxylation is 2. The van der Waals surface area contributed by atoms with Crippen LogP contribution < -0.4 is 9.47 Å². The summed E-state index contributed by atoms with van der Waals surface area (Å²) in [6, 6.07) is 10.3. The molecular formula is C20H24INO2. The molecular weight excluding hydrogens is 413 g/mol. The Labute approximate surface area is 158 Å². The summed E-state index contributed by atoms with van der Waals surface area (Å²) in [5.74, 6) is 1.60. The first-order valence-corrected chi connectivity index (χ1v) is 9.33. The SMILES string of the molecule is CCCOc1c(I)cc(C=Nc2ccc(C)cc2C)cc1OCC. The molecule has 0 spiro atoms. The van der Waals surface area contributed by atoms with Crippen LogP contribution in [-0.4, -0.2) is 19.4 Å². The first kappa shape index (κ1) is 18.8. The van der Waals surface area contributed by atoms with Gasteiger partial charge in [-0.1, -0.05) is 24.6 Å². The van der Waals surface area contributed by atoms with Crippen molar-refractivity contribution in [2.75, 3.05) is 13.2 Å². The van der Waals surface area contributed by atoms with Gasteiger partial charge in [0.25, 0.3) is 0 Å². The van der Waals surface area contributed by atoms with E-state index in [9.17, 15) is 0 Å². The third kappa shape index (κ3) is 4.97. The highest BCUT2D eigenvalue weighted by Crippen LogP contribution is 2.34. The van der Waals surface area contributed by atoms with Crippen molar-refractivity contribution < 1.29 is 9.47 Å². The minimum atomic E-state index is 0.607. The lowest BCUT2D eigenvalue weighted by Gasteiger charge is -2.14. The van der Waals surface area contributed by atoms with Gasteiger partial charge >= 0.3 is 0 Å². The van der Waals surface area contributed by atoms with Gasteiger partial charge in [-0.25, -0.2) is 0 Å². The van der Waals surface area contributed by atoms with Gasteiger partial charge in [0.15, 0.2) is 11.5 Å². The van der Waals surface area contributed by atoms with Crippen molar-refractivity contribution in [2.45, 2.75) is 34.1 Å². The zero-order chi connectivity index (χ0) is 17.5. The van der Waals surface area contributed by atoms with Crippen molar-refractivity contribution in [1.29, 1.82) is 0 Å². The van der Waals surface area contributed by atoms with Crippen LogP contribution in [0.15, 0.2) is 35.3 Å². The second kappa shape index (κ2) is 9.06. The molecule has 0 fully saturated rings. The molecule has 0 saturated heterocycles. The molecule has 0 saturated carbocycles. The molecule has 3 nitrogen and oxygen atoms in total. The second-order valence-electron chi connectivity index (χ2n) is 5.66. The molecule has 0 aliphatic carbocycles. The summed E-state index contributed by atoms with van der Waals surface area (Å²) in [5, 5.41) is 0. The number of hydrogen-bond donors (Lipinski definition) is 0. The molecule has 0 atom stereocenters. The van der Waals surface area contributed by atoms with Gasteiger partial charge in [-0.15, -0.1) is 0 Å². The lowest BCUT2D eigenvalue weighted by atomic mass is 10.1. The molecule has 0 amide bonds. The largest absolute Gasteiger partial charge is 0.490 e. The third-order valence-electron chi connectivity index (χ3n) is 3.49. The Balaban J connectivity index is 2.31. The summed E-state index contributed by atoms with van der Waals surface area (Å²) < 4.78 is 12.6. The molecule has 0 unspecified atom stereocenters. The van der Waals surface area contributed by atoms with Crippen molar-refractivity contribution in [1.82, 2.24) is 0 Å². The number of ether oxygens (including phenoxy) is 2. The quantitative estimate of drug-likeness (QED) is 0.402. The van der Waals surface area contributed by atoms with Crippen molar-refractivity contribution >= 4 is 34.5 Å². The van der Waals surface area contributed by atoms with Crippen molar-refractivity contribution in [2.24, 2.45) is 4.99 Å². The van der Waals surface area contributed by atoms with E-state index in [-0.39, 0.29) is 0 Å². The fourth-order valence-corrected chi connectivity index (χ4v) is 3.15. The van der Waals surface area contributed by atoms with E-state index in [0.717, 1.165) is 32.7 Å². The van der Waals surface area contributed by atoms with Crippen LogP contribution in [0.3, 0.4) is 0 Å². The fourth-order valence-electron chi connectivity index (χ4n) is 2.36. The van der Waals surface area contributed by atoms with Gasteiger partial charge in [0, 0.05) is 6.21 Å². The fraction of sp³-hybridized carbons (Fsp3) is 0.350. The Kier molecular flexibility index (Phi) is 7.09. The van der Waals surface area contributed by atoms with E-state index in [1.54, 1.807) is 0 Å². The Morgan fingerprint density at radius 1 is 1.08 bits per heavy atom. The summed E-state index contributed by atoms with van der Waals surface area (Å²) in [6.45, 7) is 9.54. The standard InChI is InChI=1S/C20H24INO2/c1-5-9-24-20-17(21)11-16(12-19(20)23-6-2)13-22-18-8-7-14(3)10-15(18)4/h7-8,10-13H,5-6,9H2,1-4H3. The van der Waals surface area contributed by atoms with Crippen LogP contribution in [0.25, 0.3) is 0 Å². The van der Waals surface area contributed by atoms with Gasteiger partial charge in [-0.3, -0.25) is 4.99 Å². The van der Waals surface area contributed by atoms with Crippen LogP contribution in [0, 0.1) is 17.4 Å².